The smallest absolute Gasteiger partial charge is 0.246 e. The number of ether oxygens (including phenoxy) is 3. The van der Waals surface area contributed by atoms with Crippen LogP contribution in [0.4, 0.5) is 0 Å². The maximum Gasteiger partial charge on any atom is 0.246 e. The zero-order chi connectivity index (χ0) is 40.1. The number of rotatable bonds is 24. The highest BCUT2D eigenvalue weighted by atomic mass is 16.8. The van der Waals surface area contributed by atoms with Crippen molar-refractivity contribution in [2.24, 2.45) is 5.92 Å². The second-order valence-corrected chi connectivity index (χ2v) is 11.2. The Morgan fingerprint density at radius 1 is 1.02 bits per heavy atom. The molecule has 0 spiro atoms. The Labute approximate surface area is 308 Å². The summed E-state index contributed by atoms with van der Waals surface area (Å²) in [7, 11) is 6.38. The molecule has 3 N–H and O–H groups in total. The molecule has 0 aliphatic rings. The standard InChI is InChI=1S/C21H37NO5.C8H12N2O3.C7H16O2.C2H6/c1-7-10-20(23)22(5)27-21(24)14-12-18(15-16-25-6)19(26-9-3)13-11-17(4)8-2;1-10(5-4-9-7-12)8(13)3-2-6-11;1-4-7(2,9-3)5-6-8;1-2/h12-15,17,21,24H,7-11,16H2,1-6H3;2-3,6-7H,4-5H2,1H3,(H,9,12);8H,4-6H2,1-3H3;1-2H3/b14-12+,18-15-,19-13+;3-2-;;. The molecule has 0 aliphatic heterocycles. The molecular formula is C38H71N3O10. The van der Waals surface area contributed by atoms with Gasteiger partial charge in [-0.2, -0.15) is 0 Å². The molecule has 0 saturated carbocycles. The lowest BCUT2D eigenvalue weighted by Crippen LogP contribution is -2.32. The van der Waals surface area contributed by atoms with E-state index < -0.39 is 6.29 Å². The summed E-state index contributed by atoms with van der Waals surface area (Å²) in [4.78, 5) is 49.1. The fraction of sp³-hybridized carbons (Fsp3) is 0.684. The van der Waals surface area contributed by atoms with Crippen LogP contribution in [0.5, 0.6) is 0 Å². The predicted molar refractivity (Wildman–Crippen MR) is 203 cm³/mol. The number of carbonyl (C=O) groups is 4. The van der Waals surface area contributed by atoms with Crippen LogP contribution in [-0.4, -0.2) is 118 Å². The molecule has 3 atom stereocenters. The number of aliphatic hydroxyl groups is 2. The molecule has 0 aromatic carbocycles. The van der Waals surface area contributed by atoms with Gasteiger partial charge in [0.15, 0.2) is 0 Å². The van der Waals surface area contributed by atoms with Gasteiger partial charge in [0, 0.05) is 66.1 Å². The van der Waals surface area contributed by atoms with Crippen LogP contribution in [0.2, 0.25) is 0 Å². The molecule has 0 saturated heterocycles. The first-order valence-electron chi connectivity index (χ1n) is 17.8. The highest BCUT2D eigenvalue weighted by Crippen LogP contribution is 2.19. The maximum atomic E-state index is 11.7. The van der Waals surface area contributed by atoms with Gasteiger partial charge in [0.05, 0.1) is 18.8 Å². The first-order chi connectivity index (χ1) is 24.3. The fourth-order valence-corrected chi connectivity index (χ4v) is 3.44. The summed E-state index contributed by atoms with van der Waals surface area (Å²) in [5.74, 6) is 0.859. The van der Waals surface area contributed by atoms with Crippen LogP contribution in [0.25, 0.3) is 0 Å². The molecule has 0 aliphatic carbocycles. The van der Waals surface area contributed by atoms with Crippen LogP contribution in [0.15, 0.2) is 47.8 Å². The third-order valence-electron chi connectivity index (χ3n) is 7.23. The van der Waals surface area contributed by atoms with E-state index in [4.69, 9.17) is 24.2 Å². The second kappa shape index (κ2) is 37.9. The summed E-state index contributed by atoms with van der Waals surface area (Å²) in [6, 6.07) is 0. The number of likely N-dealkylation sites (N-methyl/N-ethyl adjacent to an activating group) is 1. The van der Waals surface area contributed by atoms with E-state index in [1.54, 1.807) is 27.3 Å². The van der Waals surface area contributed by atoms with Crippen LogP contribution in [0.1, 0.15) is 93.9 Å². The Morgan fingerprint density at radius 3 is 2.12 bits per heavy atom. The number of hydrogen-bond acceptors (Lipinski definition) is 10. The van der Waals surface area contributed by atoms with E-state index in [9.17, 15) is 24.3 Å². The van der Waals surface area contributed by atoms with Crippen molar-refractivity contribution in [3.63, 3.8) is 0 Å². The Morgan fingerprint density at radius 2 is 1.67 bits per heavy atom. The number of nitrogens with one attached hydrogen (secondary N) is 1. The van der Waals surface area contributed by atoms with Gasteiger partial charge in [-0.1, -0.05) is 54.0 Å². The molecule has 0 bridgehead atoms. The van der Waals surface area contributed by atoms with Crippen LogP contribution < -0.4 is 5.32 Å². The van der Waals surface area contributed by atoms with E-state index in [0.29, 0.717) is 51.3 Å². The first kappa shape index (κ1) is 54.4. The summed E-state index contributed by atoms with van der Waals surface area (Å²) >= 11 is 0. The first-order valence-corrected chi connectivity index (χ1v) is 17.8. The normalized spacial score (nSPS) is 13.6. The number of methoxy groups -OCH3 is 2. The molecule has 0 radical (unpaired) electrons. The Kier molecular flexibility index (Phi) is 40.4. The van der Waals surface area contributed by atoms with Gasteiger partial charge in [0.1, 0.15) is 12.0 Å². The average Bonchev–Trinajstić information content (AvgIpc) is 3.13. The van der Waals surface area contributed by atoms with Crippen molar-refractivity contribution >= 4 is 24.5 Å². The maximum absolute atomic E-state index is 11.7. The number of hydroxylamine groups is 2. The topological polar surface area (TPSA) is 164 Å². The molecule has 0 aromatic heterocycles. The van der Waals surface area contributed by atoms with Crippen molar-refractivity contribution < 1.29 is 48.4 Å². The van der Waals surface area contributed by atoms with Crippen LogP contribution in [-0.2, 0) is 38.2 Å². The molecule has 0 fully saturated rings. The van der Waals surface area contributed by atoms with Gasteiger partial charge in [-0.15, -0.1) is 0 Å². The van der Waals surface area contributed by atoms with E-state index in [2.05, 4.69) is 32.2 Å². The quantitative estimate of drug-likeness (QED) is 0.0231. The van der Waals surface area contributed by atoms with Gasteiger partial charge < -0.3 is 34.6 Å². The predicted octanol–water partition coefficient (Wildman–Crippen LogP) is 5.14. The fourth-order valence-electron chi connectivity index (χ4n) is 3.44. The molecule has 51 heavy (non-hydrogen) atoms. The Hall–Kier alpha value is -3.36. The zero-order valence-electron chi connectivity index (χ0n) is 33.6. The molecule has 0 heterocycles. The number of nitrogens with zero attached hydrogens (tertiary/aromatic N) is 2. The summed E-state index contributed by atoms with van der Waals surface area (Å²) < 4.78 is 16.1. The lowest BCUT2D eigenvalue weighted by molar-refractivity contribution is -0.230. The van der Waals surface area contributed by atoms with Crippen molar-refractivity contribution in [1.29, 1.82) is 0 Å². The second-order valence-electron chi connectivity index (χ2n) is 11.2. The lowest BCUT2D eigenvalue weighted by Gasteiger charge is -2.25. The van der Waals surface area contributed by atoms with E-state index in [1.807, 2.05) is 40.7 Å². The van der Waals surface area contributed by atoms with Gasteiger partial charge in [-0.25, -0.2) is 9.90 Å². The van der Waals surface area contributed by atoms with Gasteiger partial charge in [-0.05, 0) is 69.8 Å². The summed E-state index contributed by atoms with van der Waals surface area (Å²) in [6.45, 7) is 18.2. The number of aldehydes is 1. The molecule has 13 nitrogen and oxygen atoms in total. The number of amides is 3. The van der Waals surface area contributed by atoms with E-state index in [1.165, 1.54) is 24.1 Å². The average molecular weight is 730 g/mol. The van der Waals surface area contributed by atoms with Crippen LogP contribution in [0.3, 0.4) is 0 Å². The Bertz CT molecular complexity index is 994. The third-order valence-corrected chi connectivity index (χ3v) is 7.23. The zero-order valence-corrected chi connectivity index (χ0v) is 33.6. The van der Waals surface area contributed by atoms with Gasteiger partial charge >= 0.3 is 0 Å². The Balaban J connectivity index is -0.000000378. The number of hydrogen-bond donors (Lipinski definition) is 3. The molecule has 0 rings (SSSR count). The minimum absolute atomic E-state index is 0.116. The summed E-state index contributed by atoms with van der Waals surface area (Å²) in [5, 5.41) is 22.1. The number of aliphatic hydroxyl groups excluding tert-OH is 2. The molecule has 13 heteroatoms. The van der Waals surface area contributed by atoms with Crippen LogP contribution >= 0.6 is 0 Å². The van der Waals surface area contributed by atoms with E-state index >= 15 is 0 Å². The van der Waals surface area contributed by atoms with E-state index in [-0.39, 0.29) is 24.0 Å². The summed E-state index contributed by atoms with van der Waals surface area (Å²) in [5.41, 5.74) is 0.682. The SMILES string of the molecule is CC.CCC(C)(CCO)OC.CCCC(=O)N(C)OC(O)/C=C/C(=C/COC)C(=C\CC(C)CC)/OCC.CN(CCNC=O)C(=O)/C=C\C=O. The minimum atomic E-state index is -1.24. The summed E-state index contributed by atoms with van der Waals surface area (Å²) in [6.07, 6.45) is 14.1. The van der Waals surface area contributed by atoms with Crippen molar-refractivity contribution in [2.75, 3.05) is 61.2 Å². The minimum Gasteiger partial charge on any atom is -0.494 e. The number of carbonyl (C=O) groups excluding carboxylic acids is 4. The monoisotopic (exact) mass is 730 g/mol. The largest absolute Gasteiger partial charge is 0.494 e. The molecular weight excluding hydrogens is 658 g/mol. The lowest BCUT2D eigenvalue weighted by atomic mass is 10.00. The van der Waals surface area contributed by atoms with Crippen molar-refractivity contribution in [3.8, 4) is 0 Å². The van der Waals surface area contributed by atoms with Crippen molar-refractivity contribution in [1.82, 2.24) is 15.3 Å². The van der Waals surface area contributed by atoms with Crippen molar-refractivity contribution in [3.05, 3.63) is 47.8 Å². The molecule has 3 unspecified atom stereocenters. The van der Waals surface area contributed by atoms with E-state index in [0.717, 1.165) is 54.6 Å². The highest BCUT2D eigenvalue weighted by Gasteiger charge is 2.19. The third kappa shape index (κ3) is 32.3. The van der Waals surface area contributed by atoms with Gasteiger partial charge in [0.2, 0.25) is 24.5 Å². The molecule has 0 aromatic rings. The van der Waals surface area contributed by atoms with Gasteiger partial charge in [0.25, 0.3) is 0 Å². The van der Waals surface area contributed by atoms with Crippen molar-refractivity contribution in [2.45, 2.75) is 106 Å². The molecule has 3 amide bonds. The number of allylic oxidation sites excluding steroid dienone is 3. The van der Waals surface area contributed by atoms with Crippen LogP contribution in [0, 0.1) is 5.92 Å². The molecule has 298 valence electrons. The highest BCUT2D eigenvalue weighted by molar-refractivity contribution is 5.90. The van der Waals surface area contributed by atoms with Gasteiger partial charge in [-0.3, -0.25) is 19.2 Å².